The first-order valence-electron chi connectivity index (χ1n) is 9.56. The number of nitrogens with zero attached hydrogens (tertiary/aromatic N) is 3. The lowest BCUT2D eigenvalue weighted by Gasteiger charge is -2.20. The minimum absolute atomic E-state index is 0.227. The second kappa shape index (κ2) is 9.13. The van der Waals surface area contributed by atoms with Crippen LogP contribution in [0.15, 0.2) is 59.8 Å². The zero-order valence-corrected chi connectivity index (χ0v) is 18.1. The van der Waals surface area contributed by atoms with Gasteiger partial charge in [-0.05, 0) is 45.4 Å². The van der Waals surface area contributed by atoms with Crippen LogP contribution in [0, 0.1) is 6.92 Å². The summed E-state index contributed by atoms with van der Waals surface area (Å²) in [5.41, 5.74) is 3.08. The van der Waals surface area contributed by atoms with Crippen LogP contribution in [0.5, 0.6) is 0 Å². The molecule has 1 aromatic heterocycles. The van der Waals surface area contributed by atoms with Crippen LogP contribution in [0.1, 0.15) is 37.7 Å². The number of nitrogens with one attached hydrogen (secondary N) is 2. The van der Waals surface area contributed by atoms with Crippen LogP contribution >= 0.6 is 11.8 Å². The summed E-state index contributed by atoms with van der Waals surface area (Å²) < 4.78 is 2.00. The monoisotopic (exact) mass is 409 g/mol. The summed E-state index contributed by atoms with van der Waals surface area (Å²) in [6, 6.07) is 18.2. The summed E-state index contributed by atoms with van der Waals surface area (Å²) >= 11 is 1.63. The highest BCUT2D eigenvalue weighted by atomic mass is 32.2. The van der Waals surface area contributed by atoms with Gasteiger partial charge in [-0.2, -0.15) is 0 Å². The van der Waals surface area contributed by atoms with E-state index in [1.54, 1.807) is 11.8 Å². The summed E-state index contributed by atoms with van der Waals surface area (Å²) in [5, 5.41) is 15.3. The van der Waals surface area contributed by atoms with Crippen molar-refractivity contribution in [3.05, 3.63) is 71.5 Å². The van der Waals surface area contributed by atoms with Crippen molar-refractivity contribution in [2.75, 3.05) is 0 Å². The Hall–Kier alpha value is -2.80. The van der Waals surface area contributed by atoms with Gasteiger partial charge in [-0.25, -0.2) is 4.79 Å². The fourth-order valence-corrected chi connectivity index (χ4v) is 3.65. The molecule has 0 saturated heterocycles. The number of hydrogen-bond acceptors (Lipinski definition) is 4. The van der Waals surface area contributed by atoms with E-state index >= 15 is 0 Å². The SMILES string of the molecule is Cc1ccc(-n2c(CNC(=O)NC(C)(C)C)nnc2SCc2ccccc2)cc1. The van der Waals surface area contributed by atoms with Crippen molar-refractivity contribution in [1.82, 2.24) is 25.4 Å². The third-order valence-corrected chi connectivity index (χ3v) is 5.10. The molecule has 0 spiro atoms. The lowest BCUT2D eigenvalue weighted by molar-refractivity contribution is 0.231. The van der Waals surface area contributed by atoms with Crippen molar-refractivity contribution < 1.29 is 4.79 Å². The van der Waals surface area contributed by atoms with Gasteiger partial charge >= 0.3 is 6.03 Å². The average Bonchev–Trinajstić information content (AvgIpc) is 3.08. The number of hydrogen-bond donors (Lipinski definition) is 2. The highest BCUT2D eigenvalue weighted by Crippen LogP contribution is 2.25. The maximum Gasteiger partial charge on any atom is 0.315 e. The number of rotatable bonds is 6. The molecule has 3 aromatic rings. The van der Waals surface area contributed by atoms with E-state index in [1.807, 2.05) is 55.7 Å². The number of carbonyl (C=O) groups is 1. The third-order valence-electron chi connectivity index (χ3n) is 4.10. The maximum absolute atomic E-state index is 12.2. The smallest absolute Gasteiger partial charge is 0.315 e. The Kier molecular flexibility index (Phi) is 6.59. The molecule has 0 aliphatic carbocycles. The fraction of sp³-hybridized carbons (Fsp3) is 0.318. The minimum Gasteiger partial charge on any atom is -0.334 e. The molecule has 29 heavy (non-hydrogen) atoms. The Morgan fingerprint density at radius 3 is 2.38 bits per heavy atom. The van der Waals surface area contributed by atoms with Crippen LogP contribution < -0.4 is 10.6 Å². The predicted octanol–water partition coefficient (Wildman–Crippen LogP) is 4.47. The molecule has 2 N–H and O–H groups in total. The first kappa shape index (κ1) is 20.9. The Labute approximate surface area is 176 Å². The zero-order chi connectivity index (χ0) is 20.9. The van der Waals surface area contributed by atoms with Crippen molar-refractivity contribution >= 4 is 17.8 Å². The van der Waals surface area contributed by atoms with E-state index in [1.165, 1.54) is 11.1 Å². The third kappa shape index (κ3) is 6.09. The molecular formula is C22H27N5OS. The molecule has 6 nitrogen and oxygen atoms in total. The van der Waals surface area contributed by atoms with Crippen LogP contribution in [-0.4, -0.2) is 26.3 Å². The average molecular weight is 410 g/mol. The fourth-order valence-electron chi connectivity index (χ4n) is 2.73. The summed E-state index contributed by atoms with van der Waals surface area (Å²) in [7, 11) is 0. The van der Waals surface area contributed by atoms with Gasteiger partial charge in [0.25, 0.3) is 0 Å². The number of benzene rings is 2. The van der Waals surface area contributed by atoms with E-state index in [4.69, 9.17) is 0 Å². The van der Waals surface area contributed by atoms with Crippen molar-refractivity contribution in [3.63, 3.8) is 0 Å². The molecule has 0 atom stereocenters. The standard InChI is InChI=1S/C22H27N5OS/c1-16-10-12-18(13-11-16)27-19(14-23-20(28)24-22(2,3)4)25-26-21(27)29-15-17-8-6-5-7-9-17/h5-13H,14-15H2,1-4H3,(H2,23,24,28). The van der Waals surface area contributed by atoms with Crippen molar-refractivity contribution in [3.8, 4) is 5.69 Å². The van der Waals surface area contributed by atoms with Gasteiger partial charge in [-0.15, -0.1) is 10.2 Å². The van der Waals surface area contributed by atoms with E-state index in [2.05, 4.69) is 52.0 Å². The van der Waals surface area contributed by atoms with Gasteiger partial charge < -0.3 is 10.6 Å². The lowest BCUT2D eigenvalue weighted by atomic mass is 10.1. The Balaban J connectivity index is 1.81. The summed E-state index contributed by atoms with van der Waals surface area (Å²) in [5.74, 6) is 1.48. The Morgan fingerprint density at radius 1 is 1.03 bits per heavy atom. The molecule has 0 aliphatic rings. The quantitative estimate of drug-likeness (QED) is 0.590. The van der Waals surface area contributed by atoms with E-state index in [0.717, 1.165) is 16.6 Å². The predicted molar refractivity (Wildman–Crippen MR) is 117 cm³/mol. The first-order valence-corrected chi connectivity index (χ1v) is 10.5. The molecule has 0 aliphatic heterocycles. The van der Waals surface area contributed by atoms with Gasteiger partial charge in [0.05, 0.1) is 6.54 Å². The number of aryl methyl sites for hydroxylation is 1. The molecule has 0 fully saturated rings. The Bertz CT molecular complexity index is 946. The van der Waals surface area contributed by atoms with E-state index in [0.29, 0.717) is 5.82 Å². The van der Waals surface area contributed by atoms with Gasteiger partial charge in [-0.1, -0.05) is 59.8 Å². The zero-order valence-electron chi connectivity index (χ0n) is 17.3. The molecule has 0 unspecified atom stereocenters. The topological polar surface area (TPSA) is 71.8 Å². The van der Waals surface area contributed by atoms with Crippen molar-refractivity contribution in [2.45, 2.75) is 50.7 Å². The minimum atomic E-state index is -0.300. The van der Waals surface area contributed by atoms with Crippen LogP contribution in [0.3, 0.4) is 0 Å². The van der Waals surface area contributed by atoms with E-state index in [9.17, 15) is 4.79 Å². The van der Waals surface area contributed by atoms with Crippen LogP contribution in [0.4, 0.5) is 4.79 Å². The molecule has 3 rings (SSSR count). The molecule has 0 radical (unpaired) electrons. The number of aromatic nitrogens is 3. The van der Waals surface area contributed by atoms with Gasteiger partial charge in [0, 0.05) is 17.0 Å². The van der Waals surface area contributed by atoms with Gasteiger partial charge in [-0.3, -0.25) is 4.57 Å². The van der Waals surface area contributed by atoms with Gasteiger partial charge in [0.15, 0.2) is 11.0 Å². The number of urea groups is 1. The van der Waals surface area contributed by atoms with Gasteiger partial charge in [0.1, 0.15) is 0 Å². The molecule has 1 heterocycles. The van der Waals surface area contributed by atoms with Crippen molar-refractivity contribution in [1.29, 1.82) is 0 Å². The largest absolute Gasteiger partial charge is 0.334 e. The van der Waals surface area contributed by atoms with Crippen molar-refractivity contribution in [2.24, 2.45) is 0 Å². The number of carbonyl (C=O) groups excluding carboxylic acids is 1. The van der Waals surface area contributed by atoms with Crippen LogP contribution in [-0.2, 0) is 12.3 Å². The van der Waals surface area contributed by atoms with Crippen LogP contribution in [0.2, 0.25) is 0 Å². The molecular weight excluding hydrogens is 382 g/mol. The summed E-state index contributed by atoms with van der Waals surface area (Å²) in [6.45, 7) is 8.17. The molecule has 2 amide bonds. The maximum atomic E-state index is 12.2. The number of amides is 2. The number of thioether (sulfide) groups is 1. The molecule has 7 heteroatoms. The summed E-state index contributed by atoms with van der Waals surface area (Å²) in [4.78, 5) is 12.2. The molecule has 2 aromatic carbocycles. The molecule has 152 valence electrons. The molecule has 0 bridgehead atoms. The van der Waals surface area contributed by atoms with E-state index < -0.39 is 0 Å². The lowest BCUT2D eigenvalue weighted by Crippen LogP contribution is -2.46. The highest BCUT2D eigenvalue weighted by molar-refractivity contribution is 7.98. The van der Waals surface area contributed by atoms with Gasteiger partial charge in [0.2, 0.25) is 0 Å². The Morgan fingerprint density at radius 2 is 1.72 bits per heavy atom. The summed E-state index contributed by atoms with van der Waals surface area (Å²) in [6.07, 6.45) is 0. The normalized spacial score (nSPS) is 11.3. The second-order valence-corrected chi connectivity index (χ2v) is 8.84. The molecule has 0 saturated carbocycles. The van der Waals surface area contributed by atoms with E-state index in [-0.39, 0.29) is 18.1 Å². The van der Waals surface area contributed by atoms with Crippen LogP contribution in [0.25, 0.3) is 5.69 Å². The highest BCUT2D eigenvalue weighted by Gasteiger charge is 2.17. The second-order valence-electron chi connectivity index (χ2n) is 7.90. The first-order chi connectivity index (χ1) is 13.8.